The van der Waals surface area contributed by atoms with Crippen LogP contribution in [-0.4, -0.2) is 16.3 Å². The molecule has 80 valence electrons. The third-order valence-corrected chi connectivity index (χ3v) is 2.21. The van der Waals surface area contributed by atoms with Crippen LogP contribution in [0.2, 0.25) is 0 Å². The minimum atomic E-state index is 0.778. The van der Waals surface area contributed by atoms with Crippen LogP contribution in [0.1, 0.15) is 11.5 Å². The van der Waals surface area contributed by atoms with Gasteiger partial charge in [0.2, 0.25) is 0 Å². The predicted molar refractivity (Wildman–Crippen MR) is 57.3 cm³/mol. The lowest BCUT2D eigenvalue weighted by molar-refractivity contribution is 0.483. The number of nitrogens with zero attached hydrogens (tertiary/aromatic N) is 2. The molecule has 0 radical (unpaired) electrons. The third-order valence-electron chi connectivity index (χ3n) is 2.21. The maximum Gasteiger partial charge on any atom is 0.117 e. The van der Waals surface area contributed by atoms with Gasteiger partial charge in [0, 0.05) is 26.2 Å². The van der Waals surface area contributed by atoms with E-state index in [0.717, 1.165) is 31.0 Å². The summed E-state index contributed by atoms with van der Waals surface area (Å²) in [6.07, 6.45) is 4.60. The standard InChI is InChI=1S/C11H15N3O/c1-14-7-5-10(13-14)4-6-12-9-11-3-2-8-15-11/h2-3,5,7-8,12H,4,6,9H2,1H3. The van der Waals surface area contributed by atoms with Crippen molar-refractivity contribution in [2.75, 3.05) is 6.54 Å². The third kappa shape index (κ3) is 2.95. The van der Waals surface area contributed by atoms with Crippen LogP contribution in [0.15, 0.2) is 35.1 Å². The van der Waals surface area contributed by atoms with E-state index in [4.69, 9.17) is 4.42 Å². The molecule has 0 unspecified atom stereocenters. The Hall–Kier alpha value is -1.55. The minimum absolute atomic E-state index is 0.778. The number of nitrogens with one attached hydrogen (secondary N) is 1. The lowest BCUT2D eigenvalue weighted by atomic mass is 10.3. The highest BCUT2D eigenvalue weighted by Crippen LogP contribution is 1.99. The Kier molecular flexibility index (Phi) is 3.19. The van der Waals surface area contributed by atoms with Crippen molar-refractivity contribution in [2.45, 2.75) is 13.0 Å². The van der Waals surface area contributed by atoms with Crippen molar-refractivity contribution in [3.8, 4) is 0 Å². The highest BCUT2D eigenvalue weighted by Gasteiger charge is 1.97. The molecule has 0 saturated heterocycles. The molecule has 2 heterocycles. The van der Waals surface area contributed by atoms with Gasteiger partial charge in [0.25, 0.3) is 0 Å². The molecular formula is C11H15N3O. The quantitative estimate of drug-likeness (QED) is 0.749. The van der Waals surface area contributed by atoms with Gasteiger partial charge in [-0.25, -0.2) is 0 Å². The normalized spacial score (nSPS) is 10.7. The summed E-state index contributed by atoms with van der Waals surface area (Å²) in [6.45, 7) is 1.69. The highest BCUT2D eigenvalue weighted by atomic mass is 16.3. The van der Waals surface area contributed by atoms with Gasteiger partial charge in [-0.3, -0.25) is 4.68 Å². The molecular weight excluding hydrogens is 190 g/mol. The topological polar surface area (TPSA) is 43.0 Å². The summed E-state index contributed by atoms with van der Waals surface area (Å²) in [5, 5.41) is 7.60. The molecule has 2 aromatic rings. The first-order valence-corrected chi connectivity index (χ1v) is 5.06. The Morgan fingerprint density at radius 1 is 1.47 bits per heavy atom. The maximum atomic E-state index is 5.21. The predicted octanol–water partition coefficient (Wildman–Crippen LogP) is 1.35. The second kappa shape index (κ2) is 4.79. The first kappa shape index (κ1) is 9.98. The summed E-state index contributed by atoms with van der Waals surface area (Å²) < 4.78 is 7.03. The van der Waals surface area contributed by atoms with Crippen molar-refractivity contribution in [3.63, 3.8) is 0 Å². The van der Waals surface area contributed by atoms with Crippen LogP contribution >= 0.6 is 0 Å². The van der Waals surface area contributed by atoms with E-state index in [1.54, 1.807) is 6.26 Å². The van der Waals surface area contributed by atoms with Gasteiger partial charge in [0.05, 0.1) is 18.5 Å². The van der Waals surface area contributed by atoms with Gasteiger partial charge in [-0.15, -0.1) is 0 Å². The number of aryl methyl sites for hydroxylation is 1. The van der Waals surface area contributed by atoms with E-state index >= 15 is 0 Å². The lowest BCUT2D eigenvalue weighted by Crippen LogP contribution is -2.16. The van der Waals surface area contributed by atoms with Crippen LogP contribution in [0.5, 0.6) is 0 Å². The lowest BCUT2D eigenvalue weighted by Gasteiger charge is -2.00. The number of rotatable bonds is 5. The average Bonchev–Trinajstić information content (AvgIpc) is 2.84. The van der Waals surface area contributed by atoms with Crippen LogP contribution in [0, 0.1) is 0 Å². The molecule has 0 aromatic carbocycles. The second-order valence-electron chi connectivity index (χ2n) is 3.49. The van der Waals surface area contributed by atoms with Gasteiger partial charge in [0.1, 0.15) is 5.76 Å². The maximum absolute atomic E-state index is 5.21. The van der Waals surface area contributed by atoms with E-state index in [1.807, 2.05) is 36.1 Å². The summed E-state index contributed by atoms with van der Waals surface area (Å²) in [4.78, 5) is 0. The van der Waals surface area contributed by atoms with Crippen LogP contribution in [0.3, 0.4) is 0 Å². The first-order valence-electron chi connectivity index (χ1n) is 5.06. The first-order chi connectivity index (χ1) is 7.34. The molecule has 0 saturated carbocycles. The van der Waals surface area contributed by atoms with Gasteiger partial charge >= 0.3 is 0 Å². The molecule has 2 rings (SSSR count). The van der Waals surface area contributed by atoms with Crippen LogP contribution < -0.4 is 5.32 Å². The smallest absolute Gasteiger partial charge is 0.117 e. The van der Waals surface area contributed by atoms with E-state index in [-0.39, 0.29) is 0 Å². The Bertz CT molecular complexity index is 392. The molecule has 0 fully saturated rings. The Morgan fingerprint density at radius 2 is 2.40 bits per heavy atom. The zero-order valence-corrected chi connectivity index (χ0v) is 8.81. The largest absolute Gasteiger partial charge is 0.468 e. The van der Waals surface area contributed by atoms with E-state index in [9.17, 15) is 0 Å². The van der Waals surface area contributed by atoms with Gasteiger partial charge < -0.3 is 9.73 Å². The summed E-state index contributed by atoms with van der Waals surface area (Å²) in [5.41, 5.74) is 1.12. The molecule has 1 N–H and O–H groups in total. The molecule has 0 aliphatic rings. The molecule has 0 aliphatic heterocycles. The van der Waals surface area contributed by atoms with Crippen molar-refractivity contribution in [1.29, 1.82) is 0 Å². The molecule has 0 spiro atoms. The fourth-order valence-electron chi connectivity index (χ4n) is 1.44. The summed E-state index contributed by atoms with van der Waals surface area (Å²) in [6, 6.07) is 5.90. The van der Waals surface area contributed by atoms with Gasteiger partial charge in [-0.2, -0.15) is 5.10 Å². The zero-order chi connectivity index (χ0) is 10.5. The Labute approximate surface area is 88.9 Å². The molecule has 0 amide bonds. The van der Waals surface area contributed by atoms with Gasteiger partial charge in [-0.1, -0.05) is 0 Å². The molecule has 0 bridgehead atoms. The molecule has 4 heteroatoms. The summed E-state index contributed by atoms with van der Waals surface area (Å²) in [5.74, 6) is 0.969. The fourth-order valence-corrected chi connectivity index (χ4v) is 1.44. The van der Waals surface area contributed by atoms with Crippen molar-refractivity contribution < 1.29 is 4.42 Å². The fraction of sp³-hybridized carbons (Fsp3) is 0.364. The Balaban J connectivity index is 1.67. The molecule has 0 atom stereocenters. The zero-order valence-electron chi connectivity index (χ0n) is 8.81. The van der Waals surface area contributed by atoms with E-state index in [0.29, 0.717) is 0 Å². The van der Waals surface area contributed by atoms with Crippen LogP contribution in [-0.2, 0) is 20.0 Å². The second-order valence-corrected chi connectivity index (χ2v) is 3.49. The van der Waals surface area contributed by atoms with Crippen LogP contribution in [0.4, 0.5) is 0 Å². The van der Waals surface area contributed by atoms with Gasteiger partial charge in [0.15, 0.2) is 0 Å². The van der Waals surface area contributed by atoms with E-state index in [2.05, 4.69) is 10.4 Å². The van der Waals surface area contributed by atoms with Crippen LogP contribution in [0.25, 0.3) is 0 Å². The average molecular weight is 205 g/mol. The van der Waals surface area contributed by atoms with Gasteiger partial charge in [-0.05, 0) is 18.2 Å². The molecule has 2 aromatic heterocycles. The van der Waals surface area contributed by atoms with Crippen molar-refractivity contribution in [1.82, 2.24) is 15.1 Å². The number of aromatic nitrogens is 2. The molecule has 4 nitrogen and oxygen atoms in total. The number of hydrogen-bond donors (Lipinski definition) is 1. The highest BCUT2D eigenvalue weighted by molar-refractivity contribution is 5.00. The summed E-state index contributed by atoms with van der Waals surface area (Å²) >= 11 is 0. The molecule has 0 aliphatic carbocycles. The SMILES string of the molecule is Cn1ccc(CCNCc2ccco2)n1. The summed E-state index contributed by atoms with van der Waals surface area (Å²) in [7, 11) is 1.93. The monoisotopic (exact) mass is 205 g/mol. The van der Waals surface area contributed by atoms with E-state index < -0.39 is 0 Å². The molecule has 15 heavy (non-hydrogen) atoms. The Morgan fingerprint density at radius 3 is 3.07 bits per heavy atom. The van der Waals surface area contributed by atoms with E-state index in [1.165, 1.54) is 0 Å². The van der Waals surface area contributed by atoms with Crippen molar-refractivity contribution in [3.05, 3.63) is 42.1 Å². The van der Waals surface area contributed by atoms with Crippen molar-refractivity contribution in [2.24, 2.45) is 7.05 Å². The minimum Gasteiger partial charge on any atom is -0.468 e. The van der Waals surface area contributed by atoms with Crippen molar-refractivity contribution >= 4 is 0 Å². The number of hydrogen-bond acceptors (Lipinski definition) is 3. The number of furan rings is 1.